The van der Waals surface area contributed by atoms with Crippen LogP contribution < -0.4 is 9.47 Å². The van der Waals surface area contributed by atoms with Crippen molar-refractivity contribution in [3.8, 4) is 11.5 Å². The van der Waals surface area contributed by atoms with E-state index in [0.29, 0.717) is 24.3 Å². The number of nitrogens with zero attached hydrogens (tertiary/aromatic N) is 1. The molecule has 0 aromatic heterocycles. The highest BCUT2D eigenvalue weighted by atomic mass is 35.5. The molecular weight excluding hydrogens is 378 g/mol. The van der Waals surface area contributed by atoms with E-state index in [1.165, 1.54) is 5.56 Å². The van der Waals surface area contributed by atoms with Crippen molar-refractivity contribution in [2.45, 2.75) is 48.8 Å². The number of carbonyl (C=O) groups excluding carboxylic acids is 1. The monoisotopic (exact) mass is 405 g/mol. The SMILES string of the molecule is COc1ccc2c3c1OC1C(=O)CC[C@@]4(O)[C@@H](C2)N(C)CC[C@]314.Cl.O.O.O. The largest absolute Gasteiger partial charge is 0.493 e. The molecule has 4 atom stereocenters. The van der Waals surface area contributed by atoms with Gasteiger partial charge in [0.1, 0.15) is 0 Å². The lowest BCUT2D eigenvalue weighted by atomic mass is 9.49. The molecule has 2 heterocycles. The lowest BCUT2D eigenvalue weighted by Gasteiger charge is -2.62. The van der Waals surface area contributed by atoms with E-state index in [1.807, 2.05) is 6.07 Å². The first-order chi connectivity index (χ1) is 11.0. The zero-order valence-corrected chi connectivity index (χ0v) is 16.2. The Balaban J connectivity index is 0.000000911. The van der Waals surface area contributed by atoms with Crippen molar-refractivity contribution in [3.05, 3.63) is 23.3 Å². The first kappa shape index (κ1) is 23.6. The van der Waals surface area contributed by atoms with Gasteiger partial charge in [-0.15, -0.1) is 12.4 Å². The summed E-state index contributed by atoms with van der Waals surface area (Å²) in [6.45, 7) is 0.871. The Bertz CT molecular complexity index is 745. The van der Waals surface area contributed by atoms with Crippen LogP contribution in [0.15, 0.2) is 12.1 Å². The summed E-state index contributed by atoms with van der Waals surface area (Å²) in [5.41, 5.74) is 0.737. The maximum absolute atomic E-state index is 12.7. The third-order valence-electron chi connectivity index (χ3n) is 6.73. The van der Waals surface area contributed by atoms with E-state index in [0.717, 1.165) is 24.9 Å². The van der Waals surface area contributed by atoms with Crippen molar-refractivity contribution < 1.29 is 35.8 Å². The third-order valence-corrected chi connectivity index (χ3v) is 6.73. The van der Waals surface area contributed by atoms with Crippen molar-refractivity contribution >= 4 is 18.2 Å². The first-order valence-electron chi connectivity index (χ1n) is 8.35. The highest BCUT2D eigenvalue weighted by Gasteiger charge is 2.72. The Morgan fingerprint density at radius 2 is 1.96 bits per heavy atom. The minimum Gasteiger partial charge on any atom is -0.493 e. The minimum atomic E-state index is -0.900. The molecule has 5 rings (SSSR count). The second-order valence-corrected chi connectivity index (χ2v) is 7.44. The molecule has 1 aromatic carbocycles. The number of ketones is 1. The number of halogens is 1. The molecule has 1 unspecified atom stereocenters. The normalized spacial score (nSPS) is 34.6. The smallest absolute Gasteiger partial charge is 0.174 e. The maximum atomic E-state index is 12.7. The van der Waals surface area contributed by atoms with E-state index in [4.69, 9.17) is 9.47 Å². The van der Waals surface area contributed by atoms with Crippen LogP contribution in [0, 0.1) is 0 Å². The molecule has 27 heavy (non-hydrogen) atoms. The predicted octanol–water partition coefficient (Wildman–Crippen LogP) is -1.00. The number of likely N-dealkylation sites (tertiary alicyclic amines) is 1. The van der Waals surface area contributed by atoms with Gasteiger partial charge in [-0.2, -0.15) is 0 Å². The molecule has 2 aliphatic heterocycles. The van der Waals surface area contributed by atoms with Crippen LogP contribution in [0.4, 0.5) is 0 Å². The summed E-state index contributed by atoms with van der Waals surface area (Å²) in [5, 5.41) is 11.7. The lowest BCUT2D eigenvalue weighted by molar-refractivity contribution is -0.185. The van der Waals surface area contributed by atoms with Gasteiger partial charge in [0.25, 0.3) is 0 Å². The number of piperidine rings is 1. The van der Waals surface area contributed by atoms with Crippen molar-refractivity contribution in [1.29, 1.82) is 0 Å². The van der Waals surface area contributed by atoms with Gasteiger partial charge in [0.05, 0.1) is 18.1 Å². The van der Waals surface area contributed by atoms with Gasteiger partial charge >= 0.3 is 0 Å². The number of carbonyl (C=O) groups is 1. The molecule has 9 heteroatoms. The molecule has 0 radical (unpaired) electrons. The van der Waals surface area contributed by atoms with E-state index in [2.05, 4.69) is 18.0 Å². The molecular formula is C18H28ClNO7. The molecule has 1 saturated carbocycles. The Hall–Kier alpha value is -1.42. The zero-order valence-electron chi connectivity index (χ0n) is 15.4. The summed E-state index contributed by atoms with van der Waals surface area (Å²) in [5.74, 6) is 1.47. The molecule has 8 nitrogen and oxygen atoms in total. The summed E-state index contributed by atoms with van der Waals surface area (Å²) >= 11 is 0. The van der Waals surface area contributed by atoms with E-state index >= 15 is 0 Å². The highest BCUT2D eigenvalue weighted by molar-refractivity contribution is 5.90. The molecule has 2 bridgehead atoms. The van der Waals surface area contributed by atoms with Gasteiger partial charge in [0, 0.05) is 18.0 Å². The summed E-state index contributed by atoms with van der Waals surface area (Å²) in [6, 6.07) is 4.05. The van der Waals surface area contributed by atoms with Gasteiger partial charge in [-0.25, -0.2) is 0 Å². The van der Waals surface area contributed by atoms with Gasteiger partial charge in [-0.3, -0.25) is 4.79 Å². The number of ether oxygens (including phenoxy) is 2. The van der Waals surface area contributed by atoms with Crippen LogP contribution in [0.5, 0.6) is 11.5 Å². The molecule has 7 N–H and O–H groups in total. The molecule has 1 saturated heterocycles. The molecule has 154 valence electrons. The number of hydrogen-bond donors (Lipinski definition) is 1. The molecule has 1 aromatic rings. The van der Waals surface area contributed by atoms with Gasteiger partial charge in [0.2, 0.25) is 0 Å². The number of likely N-dealkylation sites (N-methyl/N-ethyl adjacent to an activating group) is 1. The second kappa shape index (κ2) is 7.20. The average molecular weight is 406 g/mol. The van der Waals surface area contributed by atoms with Gasteiger partial charge < -0.3 is 35.9 Å². The number of methoxy groups -OCH3 is 1. The Morgan fingerprint density at radius 1 is 1.26 bits per heavy atom. The van der Waals surface area contributed by atoms with Gasteiger partial charge in [-0.05, 0) is 44.5 Å². The van der Waals surface area contributed by atoms with Gasteiger partial charge in [0.15, 0.2) is 23.4 Å². The molecule has 2 fully saturated rings. The van der Waals surface area contributed by atoms with Crippen molar-refractivity contribution in [2.24, 2.45) is 0 Å². The number of Topliss-reactive ketones (excluding diaryl/α,β-unsaturated/α-hetero) is 1. The second-order valence-electron chi connectivity index (χ2n) is 7.44. The predicted molar refractivity (Wildman–Crippen MR) is 101 cm³/mol. The van der Waals surface area contributed by atoms with E-state index in [1.54, 1.807) is 7.11 Å². The Kier molecular flexibility index (Phi) is 6.29. The van der Waals surface area contributed by atoms with Crippen LogP contribution in [-0.4, -0.2) is 70.7 Å². The minimum absolute atomic E-state index is 0. The van der Waals surface area contributed by atoms with E-state index < -0.39 is 17.1 Å². The maximum Gasteiger partial charge on any atom is 0.174 e. The summed E-state index contributed by atoms with van der Waals surface area (Å²) in [7, 11) is 3.70. The van der Waals surface area contributed by atoms with Crippen LogP contribution in [0.1, 0.15) is 30.4 Å². The Morgan fingerprint density at radius 3 is 2.63 bits per heavy atom. The quantitative estimate of drug-likeness (QED) is 0.634. The van der Waals surface area contributed by atoms with Crippen LogP contribution in [0.2, 0.25) is 0 Å². The lowest BCUT2D eigenvalue weighted by Crippen LogP contribution is -2.76. The number of aliphatic hydroxyl groups is 1. The molecule has 1 spiro atoms. The first-order valence-corrected chi connectivity index (χ1v) is 8.35. The fourth-order valence-corrected chi connectivity index (χ4v) is 5.69. The van der Waals surface area contributed by atoms with Gasteiger partial charge in [-0.1, -0.05) is 6.07 Å². The van der Waals surface area contributed by atoms with Crippen LogP contribution in [0.3, 0.4) is 0 Å². The highest BCUT2D eigenvalue weighted by Crippen LogP contribution is 2.64. The number of rotatable bonds is 1. The molecule has 0 amide bonds. The topological polar surface area (TPSA) is 154 Å². The fourth-order valence-electron chi connectivity index (χ4n) is 5.69. The molecule has 4 aliphatic rings. The van der Waals surface area contributed by atoms with E-state index in [9.17, 15) is 9.90 Å². The molecule has 2 aliphatic carbocycles. The third kappa shape index (κ3) is 2.38. The van der Waals surface area contributed by atoms with Crippen molar-refractivity contribution in [2.75, 3.05) is 20.7 Å². The zero-order chi connectivity index (χ0) is 16.0. The summed E-state index contributed by atoms with van der Waals surface area (Å²) in [4.78, 5) is 14.9. The Labute approximate surface area is 163 Å². The summed E-state index contributed by atoms with van der Waals surface area (Å²) in [6.07, 6.45) is 1.89. The summed E-state index contributed by atoms with van der Waals surface area (Å²) < 4.78 is 11.6. The van der Waals surface area contributed by atoms with Crippen molar-refractivity contribution in [1.82, 2.24) is 4.90 Å². The average Bonchev–Trinajstić information content (AvgIpc) is 2.90. The van der Waals surface area contributed by atoms with Crippen molar-refractivity contribution in [3.63, 3.8) is 0 Å². The number of hydrogen-bond acceptors (Lipinski definition) is 5. The van der Waals surface area contributed by atoms with Crippen LogP contribution in [-0.2, 0) is 16.6 Å². The standard InChI is InChI=1S/C18H21NO4.ClH.3H2O/c1-19-8-7-17-14-10-3-4-12(22-2)15(14)23-16(17)11(20)5-6-18(17,21)13(19)9-10;;;;/h3-4,13,16,21H,5-9H2,1-2H3;1H;3*1H2/t13-,16?,17+,18-;;;;/m1..../s1. The fraction of sp³-hybridized carbons (Fsp3) is 0.611. The van der Waals surface area contributed by atoms with Crippen LogP contribution >= 0.6 is 12.4 Å². The number of benzene rings is 1. The van der Waals surface area contributed by atoms with Crippen LogP contribution in [0.25, 0.3) is 0 Å². The van der Waals surface area contributed by atoms with E-state index in [-0.39, 0.29) is 40.7 Å².